The predicted octanol–water partition coefficient (Wildman–Crippen LogP) is 3.78. The summed E-state index contributed by atoms with van der Waals surface area (Å²) in [5.41, 5.74) is 2.11. The fourth-order valence-corrected chi connectivity index (χ4v) is 3.72. The molecule has 0 saturated heterocycles. The standard InChI is InChI=1S/C17H16ClN3O2S/c1-13-10-17(21(19-13)16-9-5-8-15(18)11-16)20-24(22,23)12-14-6-3-2-4-7-14/h2-11,20H,12H2,1H3. The van der Waals surface area contributed by atoms with Crippen LogP contribution in [0.2, 0.25) is 5.02 Å². The Balaban J connectivity index is 1.90. The van der Waals surface area contributed by atoms with Crippen molar-refractivity contribution in [3.8, 4) is 5.69 Å². The van der Waals surface area contributed by atoms with Gasteiger partial charge in [0, 0.05) is 11.1 Å². The molecular weight excluding hydrogens is 346 g/mol. The summed E-state index contributed by atoms with van der Waals surface area (Å²) in [6, 6.07) is 17.8. The molecule has 0 atom stereocenters. The van der Waals surface area contributed by atoms with E-state index in [9.17, 15) is 8.42 Å². The Hall–Kier alpha value is -2.31. The van der Waals surface area contributed by atoms with E-state index < -0.39 is 10.0 Å². The van der Waals surface area contributed by atoms with Gasteiger partial charge in [-0.3, -0.25) is 4.72 Å². The van der Waals surface area contributed by atoms with Crippen LogP contribution in [0.15, 0.2) is 60.7 Å². The van der Waals surface area contributed by atoms with Crippen molar-refractivity contribution in [3.63, 3.8) is 0 Å². The van der Waals surface area contributed by atoms with Crippen LogP contribution in [-0.4, -0.2) is 18.2 Å². The van der Waals surface area contributed by atoms with Gasteiger partial charge in [-0.1, -0.05) is 48.0 Å². The highest BCUT2D eigenvalue weighted by Crippen LogP contribution is 2.21. The van der Waals surface area contributed by atoms with Crippen molar-refractivity contribution in [3.05, 3.63) is 76.9 Å². The quantitative estimate of drug-likeness (QED) is 0.752. The molecule has 1 N–H and O–H groups in total. The van der Waals surface area contributed by atoms with E-state index in [2.05, 4.69) is 9.82 Å². The van der Waals surface area contributed by atoms with Crippen molar-refractivity contribution in [2.24, 2.45) is 0 Å². The molecule has 1 heterocycles. The van der Waals surface area contributed by atoms with Crippen LogP contribution < -0.4 is 4.72 Å². The van der Waals surface area contributed by atoms with Crippen molar-refractivity contribution >= 4 is 27.4 Å². The predicted molar refractivity (Wildman–Crippen MR) is 96.0 cm³/mol. The van der Waals surface area contributed by atoms with Crippen molar-refractivity contribution in [1.82, 2.24) is 9.78 Å². The molecule has 0 saturated carbocycles. The van der Waals surface area contributed by atoms with Gasteiger partial charge in [-0.05, 0) is 30.7 Å². The van der Waals surface area contributed by atoms with Crippen LogP contribution in [0, 0.1) is 6.92 Å². The Morgan fingerprint density at radius 1 is 1.08 bits per heavy atom. The molecule has 24 heavy (non-hydrogen) atoms. The average molecular weight is 362 g/mol. The maximum atomic E-state index is 12.5. The normalized spacial score (nSPS) is 11.4. The lowest BCUT2D eigenvalue weighted by molar-refractivity contribution is 0.600. The SMILES string of the molecule is Cc1cc(NS(=O)(=O)Cc2ccccc2)n(-c2cccc(Cl)c2)n1. The Labute approximate surface area is 145 Å². The first-order chi connectivity index (χ1) is 11.4. The molecule has 124 valence electrons. The smallest absolute Gasteiger partial charge is 0.238 e. The first kappa shape index (κ1) is 16.5. The second kappa shape index (κ2) is 6.67. The molecule has 3 aromatic rings. The number of nitrogens with zero attached hydrogens (tertiary/aromatic N) is 2. The Bertz CT molecular complexity index is 953. The number of hydrogen-bond acceptors (Lipinski definition) is 3. The first-order valence-electron chi connectivity index (χ1n) is 7.30. The molecule has 0 fully saturated rings. The highest BCUT2D eigenvalue weighted by molar-refractivity contribution is 7.91. The molecule has 3 rings (SSSR count). The summed E-state index contributed by atoms with van der Waals surface area (Å²) >= 11 is 6.01. The monoisotopic (exact) mass is 361 g/mol. The minimum atomic E-state index is -3.56. The third-order valence-corrected chi connectivity index (χ3v) is 4.81. The summed E-state index contributed by atoms with van der Waals surface area (Å²) in [7, 11) is -3.56. The van der Waals surface area contributed by atoms with E-state index in [1.54, 1.807) is 43.3 Å². The van der Waals surface area contributed by atoms with E-state index in [4.69, 9.17) is 11.6 Å². The molecule has 7 heteroatoms. The third-order valence-electron chi connectivity index (χ3n) is 3.34. The van der Waals surface area contributed by atoms with Crippen LogP contribution >= 0.6 is 11.6 Å². The summed E-state index contributed by atoms with van der Waals surface area (Å²) in [4.78, 5) is 0. The highest BCUT2D eigenvalue weighted by Gasteiger charge is 2.16. The number of halogens is 1. The molecule has 0 aliphatic carbocycles. The fourth-order valence-electron chi connectivity index (χ4n) is 2.37. The third kappa shape index (κ3) is 3.96. The largest absolute Gasteiger partial charge is 0.267 e. The molecule has 0 aliphatic rings. The van der Waals surface area contributed by atoms with Gasteiger partial charge in [0.2, 0.25) is 10.0 Å². The van der Waals surface area contributed by atoms with Crippen LogP contribution in [0.1, 0.15) is 11.3 Å². The number of rotatable bonds is 5. The minimum absolute atomic E-state index is 0.104. The van der Waals surface area contributed by atoms with Crippen LogP contribution in [0.4, 0.5) is 5.82 Å². The fraction of sp³-hybridized carbons (Fsp3) is 0.118. The van der Waals surface area contributed by atoms with Crippen molar-refractivity contribution in [2.45, 2.75) is 12.7 Å². The number of nitrogens with one attached hydrogen (secondary N) is 1. The lowest BCUT2D eigenvalue weighted by Gasteiger charge is -2.11. The summed E-state index contributed by atoms with van der Waals surface area (Å²) in [5, 5.41) is 4.90. The molecule has 5 nitrogen and oxygen atoms in total. The van der Waals surface area contributed by atoms with E-state index in [1.165, 1.54) is 4.68 Å². The van der Waals surface area contributed by atoms with Gasteiger partial charge in [0.15, 0.2) is 0 Å². The van der Waals surface area contributed by atoms with Gasteiger partial charge in [0.1, 0.15) is 5.82 Å². The zero-order chi connectivity index (χ0) is 17.2. The summed E-state index contributed by atoms with van der Waals surface area (Å²) < 4.78 is 29.0. The molecule has 1 aromatic heterocycles. The molecular formula is C17H16ClN3O2S. The molecule has 0 unspecified atom stereocenters. The van der Waals surface area contributed by atoms with Crippen LogP contribution in [0.3, 0.4) is 0 Å². The maximum absolute atomic E-state index is 12.5. The molecule has 0 amide bonds. The van der Waals surface area contributed by atoms with Crippen LogP contribution in [-0.2, 0) is 15.8 Å². The van der Waals surface area contributed by atoms with Crippen molar-refractivity contribution < 1.29 is 8.42 Å². The van der Waals surface area contributed by atoms with Crippen molar-refractivity contribution in [2.75, 3.05) is 4.72 Å². The second-order valence-corrected chi connectivity index (χ2v) is 7.57. The Morgan fingerprint density at radius 3 is 2.54 bits per heavy atom. The first-order valence-corrected chi connectivity index (χ1v) is 9.33. The zero-order valence-electron chi connectivity index (χ0n) is 13.0. The van der Waals surface area contributed by atoms with Gasteiger partial charge >= 0.3 is 0 Å². The second-order valence-electron chi connectivity index (χ2n) is 5.41. The molecule has 2 aromatic carbocycles. The highest BCUT2D eigenvalue weighted by atomic mass is 35.5. The number of anilines is 1. The summed E-state index contributed by atoms with van der Waals surface area (Å²) in [6.45, 7) is 1.80. The average Bonchev–Trinajstić information content (AvgIpc) is 2.87. The number of sulfonamides is 1. The lowest BCUT2D eigenvalue weighted by atomic mass is 10.2. The number of aryl methyl sites for hydroxylation is 1. The van der Waals surface area contributed by atoms with Gasteiger partial charge in [0.25, 0.3) is 0 Å². The van der Waals surface area contributed by atoms with E-state index in [1.807, 2.05) is 24.3 Å². The van der Waals surface area contributed by atoms with Gasteiger partial charge in [-0.25, -0.2) is 13.1 Å². The summed E-state index contributed by atoms with van der Waals surface area (Å²) in [6.07, 6.45) is 0. The summed E-state index contributed by atoms with van der Waals surface area (Å²) in [5.74, 6) is 0.277. The molecule has 0 bridgehead atoms. The van der Waals surface area contributed by atoms with Crippen LogP contribution in [0.5, 0.6) is 0 Å². The van der Waals surface area contributed by atoms with Crippen LogP contribution in [0.25, 0.3) is 5.69 Å². The topological polar surface area (TPSA) is 64.0 Å². The van der Waals surface area contributed by atoms with E-state index >= 15 is 0 Å². The van der Waals surface area contributed by atoms with Gasteiger partial charge in [0.05, 0.1) is 17.1 Å². The minimum Gasteiger partial charge on any atom is -0.267 e. The zero-order valence-corrected chi connectivity index (χ0v) is 14.6. The van der Waals surface area contributed by atoms with Gasteiger partial charge < -0.3 is 0 Å². The lowest BCUT2D eigenvalue weighted by Crippen LogP contribution is -2.17. The number of hydrogen-bond donors (Lipinski definition) is 1. The molecule has 0 aliphatic heterocycles. The molecule has 0 radical (unpaired) electrons. The van der Waals surface area contributed by atoms with Gasteiger partial charge in [-0.2, -0.15) is 5.10 Å². The molecule has 0 spiro atoms. The number of aromatic nitrogens is 2. The Kier molecular flexibility index (Phi) is 4.59. The maximum Gasteiger partial charge on any atom is 0.238 e. The van der Waals surface area contributed by atoms with E-state index in [-0.39, 0.29) is 5.75 Å². The van der Waals surface area contributed by atoms with E-state index in [0.29, 0.717) is 22.2 Å². The van der Waals surface area contributed by atoms with Crippen molar-refractivity contribution in [1.29, 1.82) is 0 Å². The Morgan fingerprint density at radius 2 is 1.83 bits per heavy atom. The van der Waals surface area contributed by atoms with Gasteiger partial charge in [-0.15, -0.1) is 0 Å². The number of benzene rings is 2. The van der Waals surface area contributed by atoms with E-state index in [0.717, 1.165) is 5.56 Å².